The standard InChI is InChI=1S/C24H38N8O2/c1-30-9-4-10-32(14-13-30)24-28-20-15-19(23(33)26-8-7-25)21(34-3)16-18(20)22(29-24)27-17-5-11-31(2)12-6-17/h15-17H,4-14,25H2,1-3H3,(H,26,33)(H,27,28,29). The van der Waals surface area contributed by atoms with Crippen LogP contribution in [0.3, 0.4) is 0 Å². The van der Waals surface area contributed by atoms with Gasteiger partial charge in [0.15, 0.2) is 0 Å². The molecule has 2 aliphatic heterocycles. The van der Waals surface area contributed by atoms with Crippen molar-refractivity contribution in [1.82, 2.24) is 25.1 Å². The van der Waals surface area contributed by atoms with E-state index < -0.39 is 0 Å². The Labute approximate surface area is 201 Å². The van der Waals surface area contributed by atoms with Crippen LogP contribution in [0, 0.1) is 0 Å². The molecule has 1 aromatic carbocycles. The van der Waals surface area contributed by atoms with Crippen molar-refractivity contribution in [3.63, 3.8) is 0 Å². The zero-order valence-corrected chi connectivity index (χ0v) is 20.6. The lowest BCUT2D eigenvalue weighted by atomic mass is 10.0. The van der Waals surface area contributed by atoms with Crippen LogP contribution >= 0.6 is 0 Å². The quantitative estimate of drug-likeness (QED) is 0.545. The number of amides is 1. The second-order valence-corrected chi connectivity index (χ2v) is 9.35. The number of hydrogen-bond acceptors (Lipinski definition) is 9. The third kappa shape index (κ3) is 5.68. The number of carbonyl (C=O) groups is 1. The molecule has 10 heteroatoms. The molecule has 0 bridgehead atoms. The van der Waals surface area contributed by atoms with Crippen molar-refractivity contribution >= 4 is 28.6 Å². The number of nitrogens with zero attached hydrogens (tertiary/aromatic N) is 5. The second kappa shape index (κ2) is 11.2. The number of piperidine rings is 1. The molecule has 2 fully saturated rings. The van der Waals surface area contributed by atoms with Gasteiger partial charge in [-0.05, 0) is 65.1 Å². The summed E-state index contributed by atoms with van der Waals surface area (Å²) in [5.74, 6) is 1.79. The van der Waals surface area contributed by atoms with Gasteiger partial charge in [0.25, 0.3) is 5.91 Å². The maximum atomic E-state index is 12.8. The minimum Gasteiger partial charge on any atom is -0.496 e. The predicted octanol–water partition coefficient (Wildman–Crippen LogP) is 0.975. The molecule has 2 saturated heterocycles. The highest BCUT2D eigenvalue weighted by Gasteiger charge is 2.23. The number of rotatable bonds is 7. The van der Waals surface area contributed by atoms with Gasteiger partial charge in [0.1, 0.15) is 11.6 Å². The third-order valence-corrected chi connectivity index (χ3v) is 6.74. The summed E-state index contributed by atoms with van der Waals surface area (Å²) < 4.78 is 5.59. The summed E-state index contributed by atoms with van der Waals surface area (Å²) in [6.07, 6.45) is 3.18. The summed E-state index contributed by atoms with van der Waals surface area (Å²) >= 11 is 0. The summed E-state index contributed by atoms with van der Waals surface area (Å²) in [5.41, 5.74) is 6.76. The molecular weight excluding hydrogens is 432 g/mol. The van der Waals surface area contributed by atoms with Gasteiger partial charge in [-0.25, -0.2) is 4.98 Å². The fourth-order valence-corrected chi connectivity index (χ4v) is 4.62. The normalized spacial score (nSPS) is 18.6. The number of likely N-dealkylation sites (N-methyl/N-ethyl adjacent to an activating group) is 1. The van der Waals surface area contributed by atoms with Crippen molar-refractivity contribution in [2.45, 2.75) is 25.3 Å². The van der Waals surface area contributed by atoms with E-state index in [1.807, 2.05) is 12.1 Å². The summed E-state index contributed by atoms with van der Waals surface area (Å²) in [7, 11) is 5.89. The zero-order valence-electron chi connectivity index (χ0n) is 20.6. The number of fused-ring (bicyclic) bond motifs is 1. The first-order chi connectivity index (χ1) is 16.5. The van der Waals surface area contributed by atoms with Gasteiger partial charge in [0.2, 0.25) is 5.95 Å². The molecule has 1 amide bonds. The van der Waals surface area contributed by atoms with Gasteiger partial charge in [0, 0.05) is 44.2 Å². The average molecular weight is 471 g/mol. The van der Waals surface area contributed by atoms with Crippen LogP contribution in [0.25, 0.3) is 10.9 Å². The molecule has 0 spiro atoms. The number of ether oxygens (including phenoxy) is 1. The highest BCUT2D eigenvalue weighted by atomic mass is 16.5. The van der Waals surface area contributed by atoms with Gasteiger partial charge < -0.3 is 35.8 Å². The van der Waals surface area contributed by atoms with Gasteiger partial charge in [0.05, 0.1) is 18.2 Å². The fraction of sp³-hybridized carbons (Fsp3) is 0.625. The Morgan fingerprint density at radius 1 is 1.09 bits per heavy atom. The highest BCUT2D eigenvalue weighted by molar-refractivity contribution is 6.03. The fourth-order valence-electron chi connectivity index (χ4n) is 4.62. The lowest BCUT2D eigenvalue weighted by molar-refractivity contribution is 0.0952. The summed E-state index contributed by atoms with van der Waals surface area (Å²) in [6, 6.07) is 4.04. The van der Waals surface area contributed by atoms with Crippen molar-refractivity contribution in [2.75, 3.05) is 83.8 Å². The van der Waals surface area contributed by atoms with E-state index in [0.29, 0.717) is 36.4 Å². The van der Waals surface area contributed by atoms with E-state index in [2.05, 4.69) is 39.4 Å². The maximum Gasteiger partial charge on any atom is 0.255 e. The number of nitrogens with two attached hydrogens (primary N) is 1. The van der Waals surface area contributed by atoms with E-state index >= 15 is 0 Å². The molecule has 10 nitrogen and oxygen atoms in total. The number of likely N-dealkylation sites (tertiary alicyclic amines) is 1. The number of nitrogens with one attached hydrogen (secondary N) is 2. The first-order valence-electron chi connectivity index (χ1n) is 12.2. The molecule has 2 aromatic rings. The number of anilines is 2. The van der Waals surface area contributed by atoms with E-state index in [1.54, 1.807) is 7.11 Å². The molecular formula is C24H38N8O2. The largest absolute Gasteiger partial charge is 0.496 e. The Hall–Kier alpha value is -2.69. The minimum absolute atomic E-state index is 0.217. The molecule has 0 saturated carbocycles. The van der Waals surface area contributed by atoms with Crippen LogP contribution in [0.15, 0.2) is 12.1 Å². The van der Waals surface area contributed by atoms with E-state index in [9.17, 15) is 4.79 Å². The van der Waals surface area contributed by atoms with Crippen molar-refractivity contribution in [2.24, 2.45) is 5.73 Å². The van der Waals surface area contributed by atoms with Crippen LogP contribution in [0.5, 0.6) is 5.75 Å². The first kappa shape index (κ1) is 24.4. The number of hydrogen-bond donors (Lipinski definition) is 3. The lowest BCUT2D eigenvalue weighted by Gasteiger charge is -2.30. The maximum absolute atomic E-state index is 12.8. The molecule has 3 heterocycles. The molecule has 0 radical (unpaired) electrons. The minimum atomic E-state index is -0.217. The Morgan fingerprint density at radius 2 is 1.85 bits per heavy atom. The summed E-state index contributed by atoms with van der Waals surface area (Å²) in [4.78, 5) is 29.7. The van der Waals surface area contributed by atoms with Gasteiger partial charge in [-0.2, -0.15) is 4.98 Å². The Bertz CT molecular complexity index is 993. The van der Waals surface area contributed by atoms with E-state index in [1.165, 1.54) is 0 Å². The van der Waals surface area contributed by atoms with Crippen LogP contribution in [0.4, 0.5) is 11.8 Å². The van der Waals surface area contributed by atoms with Gasteiger partial charge in [-0.1, -0.05) is 0 Å². The highest BCUT2D eigenvalue weighted by Crippen LogP contribution is 2.32. The first-order valence-corrected chi connectivity index (χ1v) is 12.2. The summed E-state index contributed by atoms with van der Waals surface area (Å²) in [5, 5.41) is 7.40. The summed E-state index contributed by atoms with van der Waals surface area (Å²) in [6.45, 7) is 6.70. The molecule has 2 aliphatic rings. The number of carbonyl (C=O) groups excluding carboxylic acids is 1. The topological polar surface area (TPSA) is 112 Å². The van der Waals surface area contributed by atoms with Crippen LogP contribution in [-0.2, 0) is 0 Å². The molecule has 0 atom stereocenters. The molecule has 186 valence electrons. The monoisotopic (exact) mass is 470 g/mol. The van der Waals surface area contributed by atoms with Gasteiger partial charge >= 0.3 is 0 Å². The number of benzene rings is 1. The zero-order chi connectivity index (χ0) is 24.1. The predicted molar refractivity (Wildman–Crippen MR) is 136 cm³/mol. The average Bonchev–Trinajstić information content (AvgIpc) is 3.07. The van der Waals surface area contributed by atoms with Crippen LogP contribution in [0.2, 0.25) is 0 Å². The van der Waals surface area contributed by atoms with Crippen LogP contribution in [-0.4, -0.2) is 105 Å². The van der Waals surface area contributed by atoms with Crippen molar-refractivity contribution in [3.8, 4) is 5.75 Å². The van der Waals surface area contributed by atoms with Crippen molar-refractivity contribution in [3.05, 3.63) is 17.7 Å². The van der Waals surface area contributed by atoms with Gasteiger partial charge in [-0.3, -0.25) is 4.79 Å². The molecule has 34 heavy (non-hydrogen) atoms. The SMILES string of the molecule is COc1cc2c(NC3CCN(C)CC3)nc(N3CCCN(C)CC3)nc2cc1C(=O)NCCN. The second-order valence-electron chi connectivity index (χ2n) is 9.35. The third-order valence-electron chi connectivity index (χ3n) is 6.74. The van der Waals surface area contributed by atoms with Crippen molar-refractivity contribution < 1.29 is 9.53 Å². The van der Waals surface area contributed by atoms with E-state index in [0.717, 1.165) is 75.3 Å². The molecule has 0 aliphatic carbocycles. The molecule has 1 aromatic heterocycles. The Morgan fingerprint density at radius 3 is 2.59 bits per heavy atom. The number of methoxy groups -OCH3 is 1. The molecule has 4 N–H and O–H groups in total. The van der Waals surface area contributed by atoms with E-state index in [4.69, 9.17) is 20.4 Å². The molecule has 0 unspecified atom stereocenters. The van der Waals surface area contributed by atoms with Crippen LogP contribution in [0.1, 0.15) is 29.6 Å². The van der Waals surface area contributed by atoms with E-state index in [-0.39, 0.29) is 5.91 Å². The van der Waals surface area contributed by atoms with Gasteiger partial charge in [-0.15, -0.1) is 0 Å². The smallest absolute Gasteiger partial charge is 0.255 e. The Balaban J connectivity index is 1.75. The van der Waals surface area contributed by atoms with Crippen LogP contribution < -0.4 is 26.0 Å². The molecule has 4 rings (SSSR count). The lowest BCUT2D eigenvalue weighted by Crippen LogP contribution is -2.37. The Kier molecular flexibility index (Phi) is 8.02. The number of aromatic nitrogens is 2. The van der Waals surface area contributed by atoms with Crippen molar-refractivity contribution in [1.29, 1.82) is 0 Å².